The number of benzene rings is 3. The van der Waals surface area contributed by atoms with Crippen LogP contribution in [0.5, 0.6) is 0 Å². The standard InChI is InChI=1S/C41H40BN3/c1-25-15-16-36(30(6)37(25)33-12-9-17-43-22-33)42(40-28(4)20-26(2)38(31(40)7)34-13-10-18-44-23-34)41-29(5)21-27(3)39(32(41)8)35-14-11-19-45-24-35/h9-24H,1-8H3. The maximum Gasteiger partial charge on any atom is 0.242 e. The third kappa shape index (κ3) is 5.39. The average Bonchev–Trinajstić information content (AvgIpc) is 3.02. The SMILES string of the molecule is Cc1cc(C)c(-c2cccnc2)c(C)c1B(c1ccc(C)c(-c2cccnc2)c1C)c1c(C)cc(C)c(-c2cccnc2)c1C. The molecule has 6 aromatic rings. The van der Waals surface area contributed by atoms with Gasteiger partial charge in [0.15, 0.2) is 0 Å². The first-order valence-electron chi connectivity index (χ1n) is 15.7. The summed E-state index contributed by atoms with van der Waals surface area (Å²) in [7, 11) is 0. The van der Waals surface area contributed by atoms with Gasteiger partial charge >= 0.3 is 0 Å². The van der Waals surface area contributed by atoms with E-state index < -0.39 is 0 Å². The van der Waals surface area contributed by atoms with E-state index in [0.717, 1.165) is 16.7 Å². The largest absolute Gasteiger partial charge is 0.264 e. The van der Waals surface area contributed by atoms with Gasteiger partial charge in [-0.25, -0.2) is 0 Å². The summed E-state index contributed by atoms with van der Waals surface area (Å²) in [6, 6.07) is 22.0. The zero-order valence-electron chi connectivity index (χ0n) is 27.7. The Hall–Kier alpha value is -4.83. The van der Waals surface area contributed by atoms with Crippen LogP contribution in [-0.2, 0) is 0 Å². The number of aryl methyl sites for hydroxylation is 5. The van der Waals surface area contributed by atoms with Crippen LogP contribution in [0.25, 0.3) is 33.4 Å². The van der Waals surface area contributed by atoms with E-state index in [2.05, 4.69) is 113 Å². The molecule has 0 unspecified atom stereocenters. The summed E-state index contributed by atoms with van der Waals surface area (Å²) in [5.41, 5.74) is 21.6. The third-order valence-electron chi connectivity index (χ3n) is 9.52. The van der Waals surface area contributed by atoms with Gasteiger partial charge in [0.1, 0.15) is 0 Å². The lowest BCUT2D eigenvalue weighted by atomic mass is 9.33. The van der Waals surface area contributed by atoms with Crippen molar-refractivity contribution in [3.8, 4) is 33.4 Å². The Morgan fingerprint density at radius 1 is 0.422 bits per heavy atom. The van der Waals surface area contributed by atoms with Crippen LogP contribution in [0.2, 0.25) is 0 Å². The second-order valence-corrected chi connectivity index (χ2v) is 12.5. The summed E-state index contributed by atoms with van der Waals surface area (Å²) >= 11 is 0. The molecule has 0 aliphatic heterocycles. The number of hydrogen-bond acceptors (Lipinski definition) is 3. The molecule has 0 amide bonds. The summed E-state index contributed by atoms with van der Waals surface area (Å²) in [6.45, 7) is 18.1. The molecule has 0 radical (unpaired) electrons. The minimum atomic E-state index is 0.00747. The molecule has 0 N–H and O–H groups in total. The lowest BCUT2D eigenvalue weighted by Gasteiger charge is -2.29. The van der Waals surface area contributed by atoms with Gasteiger partial charge in [0.05, 0.1) is 0 Å². The normalized spacial score (nSPS) is 11.1. The molecule has 3 heterocycles. The number of hydrogen-bond donors (Lipinski definition) is 0. The number of nitrogens with zero attached hydrogens (tertiary/aromatic N) is 3. The van der Waals surface area contributed by atoms with Crippen molar-refractivity contribution in [3.05, 3.63) is 142 Å². The molecule has 222 valence electrons. The molecule has 6 rings (SSSR count). The minimum Gasteiger partial charge on any atom is -0.264 e. The molecule has 4 heteroatoms. The highest BCUT2D eigenvalue weighted by Gasteiger charge is 2.33. The highest BCUT2D eigenvalue weighted by atomic mass is 14.6. The van der Waals surface area contributed by atoms with Crippen molar-refractivity contribution in [1.82, 2.24) is 15.0 Å². The summed E-state index contributed by atoms with van der Waals surface area (Å²) in [5, 5.41) is 0. The minimum absolute atomic E-state index is 0.00747. The van der Waals surface area contributed by atoms with Gasteiger partial charge in [-0.3, -0.25) is 15.0 Å². The molecule has 0 atom stereocenters. The predicted molar refractivity (Wildman–Crippen MR) is 192 cm³/mol. The predicted octanol–water partition coefficient (Wildman–Crippen LogP) is 7.86. The van der Waals surface area contributed by atoms with E-state index in [1.807, 2.05) is 55.4 Å². The Balaban J connectivity index is 1.74. The van der Waals surface area contributed by atoms with Gasteiger partial charge in [0, 0.05) is 53.9 Å². The number of rotatable bonds is 6. The molecule has 3 aromatic carbocycles. The summed E-state index contributed by atoms with van der Waals surface area (Å²) in [5.74, 6) is 0. The van der Waals surface area contributed by atoms with Crippen molar-refractivity contribution in [2.24, 2.45) is 0 Å². The maximum absolute atomic E-state index is 4.50. The molecule has 3 aromatic heterocycles. The summed E-state index contributed by atoms with van der Waals surface area (Å²) < 4.78 is 0. The van der Waals surface area contributed by atoms with Crippen LogP contribution in [-0.4, -0.2) is 21.7 Å². The molecule has 0 bridgehead atoms. The molecule has 3 nitrogen and oxygen atoms in total. The summed E-state index contributed by atoms with van der Waals surface area (Å²) in [4.78, 5) is 13.5. The quantitative estimate of drug-likeness (QED) is 0.187. The van der Waals surface area contributed by atoms with Crippen molar-refractivity contribution in [1.29, 1.82) is 0 Å². The van der Waals surface area contributed by atoms with E-state index in [9.17, 15) is 0 Å². The van der Waals surface area contributed by atoms with Crippen LogP contribution in [0, 0.1) is 55.4 Å². The highest BCUT2D eigenvalue weighted by Crippen LogP contribution is 2.31. The third-order valence-corrected chi connectivity index (χ3v) is 9.52. The fraction of sp³-hybridized carbons (Fsp3) is 0.195. The number of aromatic nitrogens is 3. The van der Waals surface area contributed by atoms with Gasteiger partial charge in [-0.05, 0) is 124 Å². The van der Waals surface area contributed by atoms with Crippen molar-refractivity contribution >= 4 is 23.1 Å². The van der Waals surface area contributed by atoms with Gasteiger partial charge < -0.3 is 0 Å². The molecule has 0 saturated heterocycles. The van der Waals surface area contributed by atoms with E-state index in [1.165, 1.54) is 77.6 Å². The van der Waals surface area contributed by atoms with Gasteiger partial charge in [0.25, 0.3) is 0 Å². The number of pyridine rings is 3. The van der Waals surface area contributed by atoms with Crippen molar-refractivity contribution in [2.45, 2.75) is 55.4 Å². The van der Waals surface area contributed by atoms with E-state index >= 15 is 0 Å². The van der Waals surface area contributed by atoms with Gasteiger partial charge in [0.2, 0.25) is 6.71 Å². The molecule has 0 aliphatic rings. The first-order chi connectivity index (χ1) is 21.7. The molecular formula is C41H40BN3. The molecular weight excluding hydrogens is 545 g/mol. The lowest BCUT2D eigenvalue weighted by molar-refractivity contribution is 1.29. The van der Waals surface area contributed by atoms with Crippen molar-refractivity contribution in [3.63, 3.8) is 0 Å². The Bertz CT molecular complexity index is 1920. The molecule has 0 fully saturated rings. The van der Waals surface area contributed by atoms with E-state index in [1.54, 1.807) is 0 Å². The second-order valence-electron chi connectivity index (χ2n) is 12.5. The fourth-order valence-electron chi connectivity index (χ4n) is 7.79. The Kier molecular flexibility index (Phi) is 8.25. The first kappa shape index (κ1) is 30.2. The van der Waals surface area contributed by atoms with Crippen molar-refractivity contribution < 1.29 is 0 Å². The van der Waals surface area contributed by atoms with E-state index in [-0.39, 0.29) is 6.71 Å². The molecule has 0 spiro atoms. The Labute approximate surface area is 268 Å². The molecule has 45 heavy (non-hydrogen) atoms. The second kappa shape index (κ2) is 12.3. The van der Waals surface area contributed by atoms with E-state index in [0.29, 0.717) is 0 Å². The van der Waals surface area contributed by atoms with Crippen LogP contribution in [0.1, 0.15) is 44.5 Å². The zero-order chi connectivity index (χ0) is 31.8. The topological polar surface area (TPSA) is 38.7 Å². The molecule has 0 saturated carbocycles. The summed E-state index contributed by atoms with van der Waals surface area (Å²) in [6.07, 6.45) is 11.5. The smallest absolute Gasteiger partial charge is 0.242 e. The fourth-order valence-corrected chi connectivity index (χ4v) is 7.79. The average molecular weight is 586 g/mol. The van der Waals surface area contributed by atoms with Gasteiger partial charge in [-0.2, -0.15) is 0 Å². The monoisotopic (exact) mass is 585 g/mol. The van der Waals surface area contributed by atoms with Crippen LogP contribution >= 0.6 is 0 Å². The van der Waals surface area contributed by atoms with Crippen LogP contribution in [0.15, 0.2) is 97.8 Å². The van der Waals surface area contributed by atoms with Crippen LogP contribution < -0.4 is 16.4 Å². The van der Waals surface area contributed by atoms with Crippen LogP contribution in [0.4, 0.5) is 0 Å². The molecule has 0 aliphatic carbocycles. The van der Waals surface area contributed by atoms with Crippen LogP contribution in [0.3, 0.4) is 0 Å². The van der Waals surface area contributed by atoms with E-state index in [4.69, 9.17) is 0 Å². The van der Waals surface area contributed by atoms with Gasteiger partial charge in [-0.1, -0.05) is 70.0 Å². The lowest BCUT2D eigenvalue weighted by Crippen LogP contribution is -2.57. The Morgan fingerprint density at radius 3 is 1.20 bits per heavy atom. The maximum atomic E-state index is 4.50. The zero-order valence-corrected chi connectivity index (χ0v) is 27.7. The van der Waals surface area contributed by atoms with Gasteiger partial charge in [-0.15, -0.1) is 0 Å². The highest BCUT2D eigenvalue weighted by molar-refractivity contribution is 6.97. The first-order valence-corrected chi connectivity index (χ1v) is 15.7. The Morgan fingerprint density at radius 2 is 0.822 bits per heavy atom. The van der Waals surface area contributed by atoms with Crippen molar-refractivity contribution in [2.75, 3.05) is 0 Å².